The van der Waals surface area contributed by atoms with E-state index in [1.165, 1.54) is 17.0 Å². The van der Waals surface area contributed by atoms with Crippen molar-refractivity contribution in [1.82, 2.24) is 15.5 Å². The second-order valence-electron chi connectivity index (χ2n) is 5.87. The molecule has 8 heteroatoms. The van der Waals surface area contributed by atoms with Gasteiger partial charge in [-0.3, -0.25) is 4.79 Å². The van der Waals surface area contributed by atoms with Gasteiger partial charge in [-0.2, -0.15) is 0 Å². The van der Waals surface area contributed by atoms with E-state index in [1.807, 2.05) is 6.92 Å². The Kier molecular flexibility index (Phi) is 12.8. The molecule has 1 atom stereocenters. The highest BCUT2D eigenvalue weighted by molar-refractivity contribution is 14.0. The monoisotopic (exact) mass is 480 g/mol. The molecule has 0 aliphatic rings. The standard InChI is InChI=1S/C18H29FN4O2.HI/c1-5-10-20-18(22-13-17(24)23(3)4)21-12-15(6-2)25-16-9-7-8-14(19)11-16;/h7-9,11,15H,5-6,10,12-13H2,1-4H3,(H2,20,21,22);1H. The van der Waals surface area contributed by atoms with E-state index in [0.717, 1.165) is 19.4 Å². The summed E-state index contributed by atoms with van der Waals surface area (Å²) in [4.78, 5) is 17.5. The van der Waals surface area contributed by atoms with Crippen LogP contribution in [0.1, 0.15) is 26.7 Å². The smallest absolute Gasteiger partial charge is 0.243 e. The highest BCUT2D eigenvalue weighted by atomic mass is 127. The summed E-state index contributed by atoms with van der Waals surface area (Å²) < 4.78 is 19.1. The number of hydrogen-bond acceptors (Lipinski definition) is 3. The Labute approximate surface area is 172 Å². The Hall–Kier alpha value is -1.58. The van der Waals surface area contributed by atoms with Crippen LogP contribution in [0.2, 0.25) is 0 Å². The third-order valence-electron chi connectivity index (χ3n) is 3.47. The summed E-state index contributed by atoms with van der Waals surface area (Å²) in [5.74, 6) is 0.671. The first-order valence-electron chi connectivity index (χ1n) is 8.60. The number of nitrogens with zero attached hydrogens (tertiary/aromatic N) is 2. The fraction of sp³-hybridized carbons (Fsp3) is 0.556. The fourth-order valence-corrected chi connectivity index (χ4v) is 1.92. The van der Waals surface area contributed by atoms with Gasteiger partial charge >= 0.3 is 0 Å². The lowest BCUT2D eigenvalue weighted by molar-refractivity contribution is -0.127. The van der Waals surface area contributed by atoms with Crippen molar-refractivity contribution in [3.05, 3.63) is 30.1 Å². The molecule has 1 aromatic rings. The van der Waals surface area contributed by atoms with E-state index >= 15 is 0 Å². The number of carbonyl (C=O) groups excluding carboxylic acids is 1. The molecule has 0 heterocycles. The van der Waals surface area contributed by atoms with Gasteiger partial charge in [-0.15, -0.1) is 24.0 Å². The van der Waals surface area contributed by atoms with Crippen molar-refractivity contribution < 1.29 is 13.9 Å². The van der Waals surface area contributed by atoms with Crippen molar-refractivity contribution in [3.63, 3.8) is 0 Å². The van der Waals surface area contributed by atoms with Crippen LogP contribution >= 0.6 is 24.0 Å². The maximum atomic E-state index is 13.3. The predicted octanol–water partition coefficient (Wildman–Crippen LogP) is 2.63. The number of benzene rings is 1. The second kappa shape index (κ2) is 13.6. The van der Waals surface area contributed by atoms with Crippen molar-refractivity contribution in [2.45, 2.75) is 32.8 Å². The van der Waals surface area contributed by atoms with Crippen LogP contribution in [0.3, 0.4) is 0 Å². The minimum atomic E-state index is -0.325. The van der Waals surface area contributed by atoms with Gasteiger partial charge in [0.05, 0.1) is 6.54 Å². The van der Waals surface area contributed by atoms with E-state index in [1.54, 1.807) is 26.2 Å². The average Bonchev–Trinajstić information content (AvgIpc) is 2.59. The minimum Gasteiger partial charge on any atom is -0.489 e. The van der Waals surface area contributed by atoms with E-state index < -0.39 is 0 Å². The number of carbonyl (C=O) groups is 1. The number of guanidine groups is 1. The molecule has 0 fully saturated rings. The number of aliphatic imine (C=N–C) groups is 1. The maximum absolute atomic E-state index is 13.3. The van der Waals surface area contributed by atoms with Gasteiger partial charge in [0.1, 0.15) is 24.2 Å². The number of hydrogen-bond donors (Lipinski definition) is 2. The molecular weight excluding hydrogens is 450 g/mol. The SMILES string of the molecule is CCCNC(=NCC(=O)N(C)C)NCC(CC)Oc1cccc(F)c1.I. The fourth-order valence-electron chi connectivity index (χ4n) is 1.92. The van der Waals surface area contributed by atoms with Crippen LogP contribution in [0.5, 0.6) is 5.75 Å². The van der Waals surface area contributed by atoms with E-state index in [0.29, 0.717) is 18.3 Å². The van der Waals surface area contributed by atoms with Crippen LogP contribution in [0.15, 0.2) is 29.3 Å². The third kappa shape index (κ3) is 9.79. The summed E-state index contributed by atoms with van der Waals surface area (Å²) in [6.07, 6.45) is 1.56. The molecule has 0 bridgehead atoms. The lowest BCUT2D eigenvalue weighted by Gasteiger charge is -2.20. The Balaban J connectivity index is 0.00000625. The minimum absolute atomic E-state index is 0. The van der Waals surface area contributed by atoms with E-state index in [-0.39, 0.29) is 48.3 Å². The number of nitrogens with one attached hydrogen (secondary N) is 2. The average molecular weight is 480 g/mol. The zero-order valence-electron chi connectivity index (χ0n) is 15.9. The summed E-state index contributed by atoms with van der Waals surface area (Å²) in [6.45, 7) is 5.38. The van der Waals surface area contributed by atoms with Crippen molar-refractivity contribution in [3.8, 4) is 5.75 Å². The van der Waals surface area contributed by atoms with Crippen LogP contribution in [0.4, 0.5) is 4.39 Å². The molecular formula is C18H30FIN4O2. The van der Waals surface area contributed by atoms with Gasteiger partial charge in [0.25, 0.3) is 0 Å². The largest absolute Gasteiger partial charge is 0.489 e. The Bertz CT molecular complexity index is 570. The molecule has 0 radical (unpaired) electrons. The summed E-state index contributed by atoms with van der Waals surface area (Å²) in [6, 6.07) is 6.09. The zero-order chi connectivity index (χ0) is 18.7. The maximum Gasteiger partial charge on any atom is 0.243 e. The van der Waals surface area contributed by atoms with E-state index in [2.05, 4.69) is 22.5 Å². The summed E-state index contributed by atoms with van der Waals surface area (Å²) in [5.41, 5.74) is 0. The molecule has 0 spiro atoms. The zero-order valence-corrected chi connectivity index (χ0v) is 18.2. The van der Waals surface area contributed by atoms with Gasteiger partial charge in [-0.25, -0.2) is 9.38 Å². The number of ether oxygens (including phenoxy) is 1. The molecule has 26 heavy (non-hydrogen) atoms. The van der Waals surface area contributed by atoms with Gasteiger partial charge in [-0.1, -0.05) is 19.9 Å². The highest BCUT2D eigenvalue weighted by Gasteiger charge is 2.11. The van der Waals surface area contributed by atoms with Crippen LogP contribution < -0.4 is 15.4 Å². The van der Waals surface area contributed by atoms with Gasteiger partial charge in [0.15, 0.2) is 5.96 Å². The molecule has 0 aliphatic heterocycles. The van der Waals surface area contributed by atoms with Crippen LogP contribution in [-0.2, 0) is 4.79 Å². The first-order valence-corrected chi connectivity index (χ1v) is 8.60. The molecule has 1 rings (SSSR count). The molecule has 148 valence electrons. The number of rotatable bonds is 9. The predicted molar refractivity (Wildman–Crippen MR) is 114 cm³/mol. The quantitative estimate of drug-likeness (QED) is 0.324. The Morgan fingerprint density at radius 3 is 2.62 bits per heavy atom. The van der Waals surface area contributed by atoms with Gasteiger partial charge < -0.3 is 20.3 Å². The summed E-state index contributed by atoms with van der Waals surface area (Å²) in [5, 5.41) is 6.35. The number of halogens is 2. The molecule has 0 saturated heterocycles. The van der Waals surface area contributed by atoms with Crippen molar-refractivity contribution >= 4 is 35.8 Å². The lowest BCUT2D eigenvalue weighted by atomic mass is 10.2. The van der Waals surface area contributed by atoms with Gasteiger partial charge in [0.2, 0.25) is 5.91 Å². The Morgan fingerprint density at radius 2 is 2.04 bits per heavy atom. The van der Waals surface area contributed by atoms with Crippen molar-refractivity contribution in [2.24, 2.45) is 4.99 Å². The molecule has 2 N–H and O–H groups in total. The van der Waals surface area contributed by atoms with Gasteiger partial charge in [-0.05, 0) is 25.0 Å². The molecule has 1 unspecified atom stereocenters. The molecule has 1 amide bonds. The molecule has 1 aromatic carbocycles. The second-order valence-corrected chi connectivity index (χ2v) is 5.87. The van der Waals surface area contributed by atoms with Crippen LogP contribution in [0, 0.1) is 5.82 Å². The summed E-state index contributed by atoms with van der Waals surface area (Å²) >= 11 is 0. The van der Waals surface area contributed by atoms with E-state index in [9.17, 15) is 9.18 Å². The van der Waals surface area contributed by atoms with Gasteiger partial charge in [0, 0.05) is 26.7 Å². The molecule has 6 nitrogen and oxygen atoms in total. The normalized spacial score (nSPS) is 12.0. The molecule has 0 aliphatic carbocycles. The van der Waals surface area contributed by atoms with Crippen molar-refractivity contribution in [1.29, 1.82) is 0 Å². The Morgan fingerprint density at radius 1 is 1.31 bits per heavy atom. The van der Waals surface area contributed by atoms with Crippen molar-refractivity contribution in [2.75, 3.05) is 33.7 Å². The van der Waals surface area contributed by atoms with Crippen LogP contribution in [0.25, 0.3) is 0 Å². The lowest BCUT2D eigenvalue weighted by Crippen LogP contribution is -2.43. The number of likely N-dealkylation sites (N-methyl/N-ethyl adjacent to an activating group) is 1. The first kappa shape index (κ1) is 24.4. The summed E-state index contributed by atoms with van der Waals surface area (Å²) in [7, 11) is 3.40. The highest BCUT2D eigenvalue weighted by Crippen LogP contribution is 2.14. The van der Waals surface area contributed by atoms with E-state index in [4.69, 9.17) is 4.74 Å². The third-order valence-corrected chi connectivity index (χ3v) is 3.47. The number of amides is 1. The topological polar surface area (TPSA) is 66.0 Å². The molecule has 0 aromatic heterocycles. The van der Waals surface area contributed by atoms with Crippen LogP contribution in [-0.4, -0.2) is 56.6 Å². The molecule has 0 saturated carbocycles. The first-order chi connectivity index (χ1) is 12.0.